The molecule has 0 amide bonds. The van der Waals surface area contributed by atoms with Crippen molar-refractivity contribution in [2.45, 2.75) is 19.4 Å². The summed E-state index contributed by atoms with van der Waals surface area (Å²) in [7, 11) is 1.99. The van der Waals surface area contributed by atoms with Gasteiger partial charge in [-0.3, -0.25) is 0 Å². The van der Waals surface area contributed by atoms with Crippen molar-refractivity contribution in [3.05, 3.63) is 18.7 Å². The van der Waals surface area contributed by atoms with Crippen LogP contribution in [0.5, 0.6) is 0 Å². The standard InChI is InChI=1S/C8H12N3.2CH2N2/c1-10-6-7-11(8-10)5-3-2-4-9;2*2-1-3/h6-8H,2-3,5H2,1H3;2*2H2/q+1;;. The van der Waals surface area contributed by atoms with E-state index < -0.39 is 0 Å². The van der Waals surface area contributed by atoms with E-state index in [0.717, 1.165) is 13.0 Å². The smallest absolute Gasteiger partial charge is 0.243 e. The molecule has 7 nitrogen and oxygen atoms in total. The van der Waals surface area contributed by atoms with E-state index in [0.29, 0.717) is 6.42 Å². The molecule has 0 aromatic carbocycles. The molecular weight excluding hydrogens is 218 g/mol. The molecule has 0 saturated heterocycles. The molecule has 90 valence electrons. The first-order chi connectivity index (χ1) is 8.15. The Morgan fingerprint density at radius 2 is 1.76 bits per heavy atom. The van der Waals surface area contributed by atoms with Gasteiger partial charge in [-0.15, -0.1) is 0 Å². The highest BCUT2D eigenvalue weighted by Gasteiger charge is 1.97. The van der Waals surface area contributed by atoms with Gasteiger partial charge in [-0.2, -0.15) is 15.8 Å². The maximum Gasteiger partial charge on any atom is 0.243 e. The SMILES string of the molecule is C[n+]1ccn(CCCC#N)c1.N#CN.N#CN. The maximum atomic E-state index is 8.29. The van der Waals surface area contributed by atoms with Gasteiger partial charge in [0.05, 0.1) is 19.7 Å². The van der Waals surface area contributed by atoms with Crippen molar-refractivity contribution in [1.29, 1.82) is 15.8 Å². The maximum absolute atomic E-state index is 8.29. The predicted molar refractivity (Wildman–Crippen MR) is 60.1 cm³/mol. The Morgan fingerprint density at radius 1 is 1.24 bits per heavy atom. The van der Waals surface area contributed by atoms with E-state index >= 15 is 0 Å². The van der Waals surface area contributed by atoms with Gasteiger partial charge in [-0.05, 0) is 6.42 Å². The molecule has 0 unspecified atom stereocenters. The summed E-state index contributed by atoms with van der Waals surface area (Å²) < 4.78 is 4.07. The number of aromatic nitrogens is 2. The van der Waals surface area contributed by atoms with Gasteiger partial charge in [0, 0.05) is 6.42 Å². The van der Waals surface area contributed by atoms with E-state index in [1.165, 1.54) is 12.4 Å². The molecule has 0 radical (unpaired) electrons. The Balaban J connectivity index is 0. The van der Waals surface area contributed by atoms with Crippen molar-refractivity contribution in [1.82, 2.24) is 4.57 Å². The van der Waals surface area contributed by atoms with Gasteiger partial charge < -0.3 is 11.5 Å². The third kappa shape index (κ3) is 13.3. The Bertz CT molecular complexity index is 390. The molecular formula is C10H16N7+. The third-order valence-electron chi connectivity index (χ3n) is 1.53. The average molecular weight is 234 g/mol. The molecule has 0 saturated carbocycles. The molecule has 1 aromatic rings. The quantitative estimate of drug-likeness (QED) is 0.314. The topological polar surface area (TPSA) is 132 Å². The van der Waals surface area contributed by atoms with Gasteiger partial charge in [0.2, 0.25) is 6.33 Å². The van der Waals surface area contributed by atoms with Gasteiger partial charge in [0.1, 0.15) is 12.4 Å². The van der Waals surface area contributed by atoms with Crippen LogP contribution in [0, 0.1) is 34.2 Å². The Labute approximate surface area is 101 Å². The Kier molecular flexibility index (Phi) is 13.0. The molecule has 7 heteroatoms. The van der Waals surface area contributed by atoms with Gasteiger partial charge in [0.15, 0.2) is 12.4 Å². The van der Waals surface area contributed by atoms with Crippen LogP contribution in [0.15, 0.2) is 18.7 Å². The number of nitrogens with two attached hydrogens (primary N) is 2. The second kappa shape index (κ2) is 13.3. The van der Waals surface area contributed by atoms with Gasteiger partial charge in [-0.1, -0.05) is 0 Å². The van der Waals surface area contributed by atoms with E-state index in [1.54, 1.807) is 0 Å². The molecule has 4 N–H and O–H groups in total. The molecule has 0 spiro atoms. The summed E-state index contributed by atoms with van der Waals surface area (Å²) >= 11 is 0. The first kappa shape index (κ1) is 16.7. The molecule has 1 rings (SSSR count). The summed E-state index contributed by atoms with van der Waals surface area (Å²) in [6.07, 6.45) is 10.1. The van der Waals surface area contributed by atoms with Crippen LogP contribution in [0.2, 0.25) is 0 Å². The highest BCUT2D eigenvalue weighted by molar-refractivity contribution is 4.71. The first-order valence-corrected chi connectivity index (χ1v) is 4.73. The normalized spacial score (nSPS) is 6.94. The number of hydrogen-bond acceptors (Lipinski definition) is 5. The van der Waals surface area contributed by atoms with Crippen LogP contribution in [0.1, 0.15) is 12.8 Å². The van der Waals surface area contributed by atoms with Crippen molar-refractivity contribution < 1.29 is 4.57 Å². The van der Waals surface area contributed by atoms with Crippen molar-refractivity contribution in [3.63, 3.8) is 0 Å². The minimum Gasteiger partial charge on any atom is -0.337 e. The highest BCUT2D eigenvalue weighted by Crippen LogP contribution is 1.91. The molecule has 0 fully saturated rings. The molecule has 0 bridgehead atoms. The van der Waals surface area contributed by atoms with Crippen LogP contribution < -0.4 is 16.0 Å². The zero-order valence-electron chi connectivity index (χ0n) is 9.74. The lowest BCUT2D eigenvalue weighted by Gasteiger charge is -1.89. The van der Waals surface area contributed by atoms with E-state index in [9.17, 15) is 0 Å². The average Bonchev–Trinajstić information content (AvgIpc) is 2.67. The van der Waals surface area contributed by atoms with Crippen LogP contribution in [0.3, 0.4) is 0 Å². The van der Waals surface area contributed by atoms with Crippen LogP contribution in [0.4, 0.5) is 0 Å². The molecule has 0 aliphatic heterocycles. The Hall–Kier alpha value is -2.72. The molecule has 1 aromatic heterocycles. The monoisotopic (exact) mass is 234 g/mol. The number of hydrogen-bond donors (Lipinski definition) is 2. The summed E-state index contributed by atoms with van der Waals surface area (Å²) in [5, 5.41) is 22.5. The van der Waals surface area contributed by atoms with Crippen molar-refractivity contribution >= 4 is 0 Å². The van der Waals surface area contributed by atoms with Crippen LogP contribution in [-0.4, -0.2) is 4.57 Å². The van der Waals surface area contributed by atoms with Crippen LogP contribution >= 0.6 is 0 Å². The summed E-state index contributed by atoms with van der Waals surface area (Å²) in [5.74, 6) is 0. The molecule has 0 aliphatic rings. The number of nitrogens with zero attached hydrogens (tertiary/aromatic N) is 5. The summed E-state index contributed by atoms with van der Waals surface area (Å²) in [5.41, 5.74) is 8.31. The fourth-order valence-electron chi connectivity index (χ4n) is 0.975. The minimum atomic E-state index is 0.641. The molecule has 1 heterocycles. The number of unbranched alkanes of at least 4 members (excludes halogenated alkanes) is 1. The van der Waals surface area contributed by atoms with Gasteiger partial charge >= 0.3 is 0 Å². The molecule has 0 aliphatic carbocycles. The zero-order valence-corrected chi connectivity index (χ0v) is 9.74. The van der Waals surface area contributed by atoms with Crippen molar-refractivity contribution in [2.75, 3.05) is 0 Å². The number of imidazole rings is 1. The fraction of sp³-hybridized carbons (Fsp3) is 0.400. The third-order valence-corrected chi connectivity index (χ3v) is 1.53. The van der Waals surface area contributed by atoms with Gasteiger partial charge in [0.25, 0.3) is 0 Å². The zero-order chi connectivity index (χ0) is 13.5. The second-order valence-electron chi connectivity index (χ2n) is 2.84. The Morgan fingerprint density at radius 3 is 2.12 bits per heavy atom. The molecule has 17 heavy (non-hydrogen) atoms. The van der Waals surface area contributed by atoms with Crippen LogP contribution in [-0.2, 0) is 13.6 Å². The lowest BCUT2D eigenvalue weighted by atomic mass is 10.3. The highest BCUT2D eigenvalue weighted by atomic mass is 15.1. The number of aryl methyl sites for hydroxylation is 2. The number of rotatable bonds is 3. The predicted octanol–water partition coefficient (Wildman–Crippen LogP) is -0.531. The van der Waals surface area contributed by atoms with Crippen molar-refractivity contribution in [2.24, 2.45) is 18.5 Å². The van der Waals surface area contributed by atoms with Crippen LogP contribution in [0.25, 0.3) is 0 Å². The van der Waals surface area contributed by atoms with Gasteiger partial charge in [-0.25, -0.2) is 9.13 Å². The summed E-state index contributed by atoms with van der Waals surface area (Å²) in [4.78, 5) is 0. The summed E-state index contributed by atoms with van der Waals surface area (Å²) in [6, 6.07) is 2.12. The minimum absolute atomic E-state index is 0.641. The lowest BCUT2D eigenvalue weighted by molar-refractivity contribution is -0.671. The number of nitriles is 3. The van der Waals surface area contributed by atoms with E-state index in [2.05, 4.69) is 22.1 Å². The largest absolute Gasteiger partial charge is 0.337 e. The molecule has 0 atom stereocenters. The van der Waals surface area contributed by atoms with E-state index in [4.69, 9.17) is 15.8 Å². The first-order valence-electron chi connectivity index (χ1n) is 4.73. The lowest BCUT2D eigenvalue weighted by Crippen LogP contribution is -2.23. The fourth-order valence-corrected chi connectivity index (χ4v) is 0.975. The van der Waals surface area contributed by atoms with E-state index in [1.807, 2.05) is 30.3 Å². The second-order valence-corrected chi connectivity index (χ2v) is 2.84. The van der Waals surface area contributed by atoms with E-state index in [-0.39, 0.29) is 0 Å². The van der Waals surface area contributed by atoms with Crippen molar-refractivity contribution in [3.8, 4) is 18.5 Å². The summed E-state index contributed by atoms with van der Waals surface area (Å²) in [6.45, 7) is 0.939.